The Balaban J connectivity index is 1.55. The van der Waals surface area contributed by atoms with E-state index in [0.717, 1.165) is 16.7 Å². The molecule has 0 radical (unpaired) electrons. The van der Waals surface area contributed by atoms with Crippen molar-refractivity contribution >= 4 is 27.3 Å². The van der Waals surface area contributed by atoms with Crippen LogP contribution in [0.3, 0.4) is 0 Å². The van der Waals surface area contributed by atoms with Gasteiger partial charge in [0, 0.05) is 38.7 Å². The molecular weight excluding hydrogens is 451 g/mol. The quantitative estimate of drug-likeness (QED) is 0.541. The predicted molar refractivity (Wildman–Crippen MR) is 120 cm³/mol. The van der Waals surface area contributed by atoms with Crippen LogP contribution in [0.4, 0.5) is 4.39 Å². The number of hydrogen-bond donors (Lipinski definition) is 0. The lowest BCUT2D eigenvalue weighted by atomic mass is 10.1. The molecule has 1 aliphatic heterocycles. The van der Waals surface area contributed by atoms with Crippen LogP contribution < -0.4 is 4.74 Å². The molecule has 0 atom stereocenters. The summed E-state index contributed by atoms with van der Waals surface area (Å²) in [6.45, 7) is 2.90. The van der Waals surface area contributed by atoms with Crippen molar-refractivity contribution in [2.24, 2.45) is 0 Å². The van der Waals surface area contributed by atoms with Crippen LogP contribution in [0.1, 0.15) is 23.6 Å². The van der Waals surface area contributed by atoms with Crippen LogP contribution in [0, 0.1) is 5.82 Å². The van der Waals surface area contributed by atoms with Gasteiger partial charge in [-0.3, -0.25) is 4.79 Å². The van der Waals surface area contributed by atoms with Crippen LogP contribution in [0.2, 0.25) is 0 Å². The van der Waals surface area contributed by atoms with Crippen molar-refractivity contribution in [3.8, 4) is 5.75 Å². The van der Waals surface area contributed by atoms with Crippen LogP contribution >= 0.6 is 11.3 Å². The molecule has 0 spiro atoms. The Bertz CT molecular complexity index is 1200. The molecule has 1 aliphatic rings. The molecule has 2 heterocycles. The summed E-state index contributed by atoms with van der Waals surface area (Å²) in [6, 6.07) is 15.0. The molecule has 6 nitrogen and oxygen atoms in total. The van der Waals surface area contributed by atoms with Gasteiger partial charge in [-0.15, -0.1) is 11.3 Å². The second-order valence-corrected chi connectivity index (χ2v) is 10.7. The maximum absolute atomic E-state index is 13.2. The second kappa shape index (κ2) is 9.40. The number of nitrogens with zero attached hydrogens (tertiary/aromatic N) is 2. The van der Waals surface area contributed by atoms with E-state index in [4.69, 9.17) is 4.74 Å². The van der Waals surface area contributed by atoms with Gasteiger partial charge in [-0.25, -0.2) is 12.8 Å². The topological polar surface area (TPSA) is 66.9 Å². The van der Waals surface area contributed by atoms with Crippen LogP contribution in [0.25, 0.3) is 0 Å². The molecule has 0 bridgehead atoms. The van der Waals surface area contributed by atoms with E-state index in [1.54, 1.807) is 34.5 Å². The van der Waals surface area contributed by atoms with E-state index >= 15 is 0 Å². The molecule has 3 aromatic rings. The zero-order valence-electron chi connectivity index (χ0n) is 17.5. The number of carbonyl (C=O) groups is 1. The third-order valence-electron chi connectivity index (χ3n) is 5.26. The summed E-state index contributed by atoms with van der Waals surface area (Å²) in [6.07, 6.45) is 0. The lowest BCUT2D eigenvalue weighted by molar-refractivity contribution is -0.130. The fourth-order valence-electron chi connectivity index (χ4n) is 3.57. The molecule has 0 saturated carbocycles. The maximum Gasteiger partial charge on any atom is 0.252 e. The van der Waals surface area contributed by atoms with Gasteiger partial charge in [-0.1, -0.05) is 24.3 Å². The van der Waals surface area contributed by atoms with Crippen molar-refractivity contribution in [3.05, 3.63) is 82.5 Å². The fourth-order valence-corrected chi connectivity index (χ4v) is 6.12. The van der Waals surface area contributed by atoms with Gasteiger partial charge in [0.25, 0.3) is 10.0 Å². The van der Waals surface area contributed by atoms with Gasteiger partial charge >= 0.3 is 0 Å². The Kier molecular flexibility index (Phi) is 6.59. The molecule has 2 aromatic carbocycles. The Morgan fingerprint density at radius 1 is 1.12 bits per heavy atom. The number of fused-ring (bicyclic) bond motifs is 1. The number of thiophene rings is 1. The molecule has 1 aromatic heterocycles. The molecule has 0 saturated heterocycles. The summed E-state index contributed by atoms with van der Waals surface area (Å²) in [5.74, 6) is 0.212. The van der Waals surface area contributed by atoms with E-state index in [1.165, 1.54) is 34.7 Å². The molecule has 168 valence electrons. The highest BCUT2D eigenvalue weighted by Gasteiger charge is 2.28. The Hall–Kier alpha value is -2.75. The van der Waals surface area contributed by atoms with Gasteiger partial charge in [-0.05, 0) is 46.8 Å². The summed E-state index contributed by atoms with van der Waals surface area (Å²) < 4.78 is 46.7. The van der Waals surface area contributed by atoms with Gasteiger partial charge in [0.05, 0.1) is 0 Å². The number of hydrogen-bond acceptors (Lipinski definition) is 5. The first kappa shape index (κ1) is 22.4. The predicted octanol–water partition coefficient (Wildman–Crippen LogP) is 4.02. The first-order valence-electron chi connectivity index (χ1n) is 10.1. The molecule has 9 heteroatoms. The van der Waals surface area contributed by atoms with E-state index < -0.39 is 10.0 Å². The molecule has 4 rings (SSSR count). The summed E-state index contributed by atoms with van der Waals surface area (Å²) in [7, 11) is -3.60. The van der Waals surface area contributed by atoms with E-state index in [2.05, 4.69) is 0 Å². The van der Waals surface area contributed by atoms with Gasteiger partial charge in [-0.2, -0.15) is 4.31 Å². The third-order valence-corrected chi connectivity index (χ3v) is 8.48. The number of ether oxygens (including phenoxy) is 1. The lowest BCUT2D eigenvalue weighted by Gasteiger charge is -2.22. The highest BCUT2D eigenvalue weighted by molar-refractivity contribution is 7.91. The standard InChI is InChI=1S/C23H23FN2O4S2/c1-17(27)25(14-18-4-7-21(24)8-5-18)15-19-6-9-22-20(13-19)16-26(10-11-30-22)32(28,29)23-3-2-12-31-23/h2-9,12-13H,10-11,14-16H2,1H3. The van der Waals surface area contributed by atoms with Crippen molar-refractivity contribution in [1.82, 2.24) is 9.21 Å². The van der Waals surface area contributed by atoms with E-state index in [1.807, 2.05) is 18.2 Å². The minimum Gasteiger partial charge on any atom is -0.492 e. The highest BCUT2D eigenvalue weighted by atomic mass is 32.2. The van der Waals surface area contributed by atoms with Crippen molar-refractivity contribution in [1.29, 1.82) is 0 Å². The van der Waals surface area contributed by atoms with E-state index in [9.17, 15) is 17.6 Å². The minimum atomic E-state index is -3.60. The van der Waals surface area contributed by atoms with Crippen LogP contribution in [0.5, 0.6) is 5.75 Å². The van der Waals surface area contributed by atoms with Gasteiger partial charge in [0.1, 0.15) is 22.4 Å². The van der Waals surface area contributed by atoms with Gasteiger partial charge < -0.3 is 9.64 Å². The van der Waals surface area contributed by atoms with E-state index in [0.29, 0.717) is 23.0 Å². The number of rotatable bonds is 6. The number of benzene rings is 2. The SMILES string of the molecule is CC(=O)N(Cc1ccc(F)cc1)Cc1ccc2c(c1)CN(S(=O)(=O)c1cccs1)CCO2. The summed E-state index contributed by atoms with van der Waals surface area (Å²) in [5.41, 5.74) is 2.44. The van der Waals surface area contributed by atoms with Crippen LogP contribution in [-0.2, 0) is 34.5 Å². The number of amides is 1. The van der Waals surface area contributed by atoms with Gasteiger partial charge in [0.15, 0.2) is 0 Å². The van der Waals surface area contributed by atoms with Crippen molar-refractivity contribution in [3.63, 3.8) is 0 Å². The van der Waals surface area contributed by atoms with E-state index in [-0.39, 0.29) is 31.4 Å². The van der Waals surface area contributed by atoms with Crippen molar-refractivity contribution in [2.75, 3.05) is 13.2 Å². The van der Waals surface area contributed by atoms with Crippen LogP contribution in [0.15, 0.2) is 64.2 Å². The first-order chi connectivity index (χ1) is 15.3. The number of halogens is 1. The molecule has 0 fully saturated rings. The first-order valence-corrected chi connectivity index (χ1v) is 12.4. The average Bonchev–Trinajstić information content (AvgIpc) is 3.23. The monoisotopic (exact) mass is 474 g/mol. The van der Waals surface area contributed by atoms with Crippen LogP contribution in [-0.4, -0.2) is 36.7 Å². The Morgan fingerprint density at radius 2 is 1.84 bits per heavy atom. The smallest absolute Gasteiger partial charge is 0.252 e. The molecule has 0 aliphatic carbocycles. The van der Waals surface area contributed by atoms with Crippen molar-refractivity contribution < 1.29 is 22.3 Å². The largest absolute Gasteiger partial charge is 0.492 e. The average molecular weight is 475 g/mol. The zero-order valence-corrected chi connectivity index (χ0v) is 19.2. The number of sulfonamides is 1. The Morgan fingerprint density at radius 3 is 2.53 bits per heavy atom. The van der Waals surface area contributed by atoms with Gasteiger partial charge in [0.2, 0.25) is 5.91 Å². The molecule has 0 unspecified atom stereocenters. The molecule has 0 N–H and O–H groups in total. The minimum absolute atomic E-state index is 0.109. The molecule has 1 amide bonds. The summed E-state index contributed by atoms with van der Waals surface area (Å²) in [4.78, 5) is 13.9. The Labute approximate surface area is 190 Å². The second-order valence-electron chi connectivity index (χ2n) is 7.56. The highest BCUT2D eigenvalue weighted by Crippen LogP contribution is 2.29. The zero-order chi connectivity index (χ0) is 22.7. The molecular formula is C23H23FN2O4S2. The summed E-state index contributed by atoms with van der Waals surface area (Å²) >= 11 is 1.19. The molecule has 32 heavy (non-hydrogen) atoms. The lowest BCUT2D eigenvalue weighted by Crippen LogP contribution is -2.32. The summed E-state index contributed by atoms with van der Waals surface area (Å²) in [5, 5.41) is 1.74. The maximum atomic E-state index is 13.2. The fraction of sp³-hybridized carbons (Fsp3) is 0.261. The third kappa shape index (κ3) is 5.01. The normalized spacial score (nSPS) is 14.3. The van der Waals surface area contributed by atoms with Crippen molar-refractivity contribution in [2.45, 2.75) is 30.8 Å². The number of carbonyl (C=O) groups excluding carboxylic acids is 1.